The van der Waals surface area contributed by atoms with Crippen molar-refractivity contribution in [2.24, 2.45) is 0 Å². The van der Waals surface area contributed by atoms with E-state index >= 15 is 0 Å². The van der Waals surface area contributed by atoms with Crippen LogP contribution in [0.1, 0.15) is 51.6 Å². The number of rotatable bonds is 6. The zero-order valence-electron chi connectivity index (χ0n) is 18.7. The van der Waals surface area contributed by atoms with Crippen LogP contribution in [0, 0.1) is 0 Å². The molecule has 0 saturated heterocycles. The molecule has 0 unspecified atom stereocenters. The minimum atomic E-state index is -4.50. The molecule has 5 heterocycles. The maximum atomic E-state index is 13.7. The van der Waals surface area contributed by atoms with Crippen LogP contribution in [-0.2, 0) is 19.3 Å². The third-order valence-corrected chi connectivity index (χ3v) is 6.43. The highest BCUT2D eigenvalue weighted by atomic mass is 35.5. The van der Waals surface area contributed by atoms with Crippen LogP contribution in [0.3, 0.4) is 0 Å². The van der Waals surface area contributed by atoms with Gasteiger partial charge in [-0.25, -0.2) is 9.97 Å². The van der Waals surface area contributed by atoms with Gasteiger partial charge in [-0.1, -0.05) is 11.6 Å². The van der Waals surface area contributed by atoms with Crippen molar-refractivity contribution in [1.82, 2.24) is 33.9 Å². The predicted molar refractivity (Wildman–Crippen MR) is 125 cm³/mol. The van der Waals surface area contributed by atoms with Crippen molar-refractivity contribution in [2.75, 3.05) is 0 Å². The summed E-state index contributed by atoms with van der Waals surface area (Å²) in [6, 6.07) is 4.71. The molecule has 5 aromatic heterocycles. The van der Waals surface area contributed by atoms with Gasteiger partial charge in [-0.3, -0.25) is 9.48 Å². The van der Waals surface area contributed by atoms with E-state index in [-0.39, 0.29) is 30.6 Å². The average Bonchev–Trinajstić information content (AvgIpc) is 3.25. The van der Waals surface area contributed by atoms with Crippen LogP contribution in [0.15, 0.2) is 55.5 Å². The van der Waals surface area contributed by atoms with E-state index in [9.17, 15) is 18.0 Å². The van der Waals surface area contributed by atoms with Crippen LogP contribution in [0.4, 0.5) is 13.2 Å². The van der Waals surface area contributed by atoms with Crippen LogP contribution in [0.2, 0.25) is 5.02 Å². The number of alkyl halides is 3. The second-order valence-corrected chi connectivity index (χ2v) is 9.30. The Kier molecular flexibility index (Phi) is 5.25. The minimum absolute atomic E-state index is 0.120. The van der Waals surface area contributed by atoms with Crippen molar-refractivity contribution in [2.45, 2.75) is 38.0 Å². The summed E-state index contributed by atoms with van der Waals surface area (Å²) in [5, 5.41) is 7.55. The normalized spacial score (nSPS) is 14.1. The molecular weight excluding hydrogens is 495 g/mol. The van der Waals surface area contributed by atoms with E-state index in [4.69, 9.17) is 11.6 Å². The lowest BCUT2D eigenvalue weighted by molar-refractivity contribution is -0.136. The quantitative estimate of drug-likeness (QED) is 0.357. The predicted octanol–water partition coefficient (Wildman–Crippen LogP) is 4.71. The number of hydrogen-bond donors (Lipinski definition) is 1. The smallest absolute Gasteiger partial charge is 0.346 e. The zero-order valence-corrected chi connectivity index (χ0v) is 19.5. The fraction of sp³-hybridized carbons (Fsp3) is 0.250. The fourth-order valence-corrected chi connectivity index (χ4v) is 4.41. The molecule has 6 rings (SSSR count). The van der Waals surface area contributed by atoms with Gasteiger partial charge in [-0.2, -0.15) is 18.3 Å². The molecule has 1 amide bonds. The van der Waals surface area contributed by atoms with Crippen molar-refractivity contribution in [3.63, 3.8) is 0 Å². The number of hydrogen-bond acceptors (Lipinski definition) is 4. The lowest BCUT2D eigenvalue weighted by atomic mass is 10.1. The first-order valence-corrected chi connectivity index (χ1v) is 11.6. The monoisotopic (exact) mass is 513 g/mol. The largest absolute Gasteiger partial charge is 0.419 e. The van der Waals surface area contributed by atoms with E-state index in [1.807, 2.05) is 0 Å². The molecule has 5 aromatic rings. The lowest BCUT2D eigenvalue weighted by Crippen LogP contribution is -2.22. The number of nitrogens with one attached hydrogen (secondary N) is 1. The summed E-state index contributed by atoms with van der Waals surface area (Å²) in [5.41, 5.74) is 1.95. The molecule has 1 N–H and O–H groups in total. The van der Waals surface area contributed by atoms with Gasteiger partial charge in [-0.15, -0.1) is 0 Å². The number of halogens is 4. The number of amides is 1. The van der Waals surface area contributed by atoms with Gasteiger partial charge in [-0.05, 0) is 42.5 Å². The van der Waals surface area contributed by atoms with Crippen LogP contribution < -0.4 is 5.32 Å². The van der Waals surface area contributed by atoms with Crippen LogP contribution in [-0.4, -0.2) is 34.5 Å². The van der Waals surface area contributed by atoms with Crippen molar-refractivity contribution >= 4 is 28.7 Å². The summed E-state index contributed by atoms with van der Waals surface area (Å²) < 4.78 is 45.7. The van der Waals surface area contributed by atoms with Crippen LogP contribution >= 0.6 is 11.6 Å². The van der Waals surface area contributed by atoms with E-state index in [0.717, 1.165) is 18.4 Å². The van der Waals surface area contributed by atoms with E-state index in [2.05, 4.69) is 20.4 Å². The maximum absolute atomic E-state index is 13.7. The summed E-state index contributed by atoms with van der Waals surface area (Å²) in [6.45, 7) is 0.312. The Morgan fingerprint density at radius 3 is 2.78 bits per heavy atom. The molecule has 8 nitrogen and oxygen atoms in total. The zero-order chi connectivity index (χ0) is 25.0. The topological polar surface area (TPSA) is 81.5 Å². The van der Waals surface area contributed by atoms with Gasteiger partial charge in [0.05, 0.1) is 53.6 Å². The highest BCUT2D eigenvalue weighted by Gasteiger charge is 2.36. The Morgan fingerprint density at radius 1 is 1.17 bits per heavy atom. The summed E-state index contributed by atoms with van der Waals surface area (Å²) in [4.78, 5) is 21.2. The van der Waals surface area contributed by atoms with Gasteiger partial charge in [0.25, 0.3) is 5.91 Å². The van der Waals surface area contributed by atoms with Gasteiger partial charge in [0, 0.05) is 29.8 Å². The highest BCUT2D eigenvalue weighted by Crippen LogP contribution is 2.42. The number of carbonyl (C=O) groups is 1. The molecule has 0 aliphatic heterocycles. The molecule has 0 spiro atoms. The Balaban J connectivity index is 1.18. The van der Waals surface area contributed by atoms with E-state index in [1.165, 1.54) is 27.5 Å². The third kappa shape index (κ3) is 4.30. The first-order chi connectivity index (χ1) is 17.2. The van der Waals surface area contributed by atoms with Crippen molar-refractivity contribution < 1.29 is 18.0 Å². The second-order valence-electron chi connectivity index (χ2n) is 8.86. The van der Waals surface area contributed by atoms with Gasteiger partial charge in [0.1, 0.15) is 5.65 Å². The lowest BCUT2D eigenvalue weighted by Gasteiger charge is -2.10. The number of imidazole rings is 2. The summed E-state index contributed by atoms with van der Waals surface area (Å²) in [6.07, 6.45) is 6.93. The minimum Gasteiger partial charge on any atom is -0.346 e. The maximum Gasteiger partial charge on any atom is 0.419 e. The summed E-state index contributed by atoms with van der Waals surface area (Å²) in [7, 11) is 0. The number of aromatic nitrogens is 6. The van der Waals surface area contributed by atoms with Crippen molar-refractivity contribution in [1.29, 1.82) is 0 Å². The third-order valence-electron chi connectivity index (χ3n) is 6.19. The number of pyridine rings is 2. The van der Waals surface area contributed by atoms with Gasteiger partial charge < -0.3 is 14.1 Å². The van der Waals surface area contributed by atoms with Gasteiger partial charge in [0.15, 0.2) is 0 Å². The number of nitrogens with zero attached hydrogens (tertiary/aromatic N) is 6. The van der Waals surface area contributed by atoms with Crippen LogP contribution in [0.25, 0.3) is 11.2 Å². The standard InChI is InChI=1S/C24H19ClF3N7O/c25-17-3-4-33-13-30-20(21(33)6-17)8-29-23(36)16-7-31-35(10-16)12-18-11-34-9-15(14-1-2-14)5-19(22(34)32-18)24(26,27)28/h3-7,9-11,13-14H,1-2,8,12H2,(H,29,36). The molecule has 0 radical (unpaired) electrons. The number of carbonyl (C=O) groups excluding carboxylic acids is 1. The highest BCUT2D eigenvalue weighted by molar-refractivity contribution is 6.30. The van der Waals surface area contributed by atoms with E-state index in [0.29, 0.717) is 27.5 Å². The molecule has 1 aliphatic rings. The molecule has 184 valence electrons. The van der Waals surface area contributed by atoms with Crippen molar-refractivity contribution in [3.8, 4) is 0 Å². The van der Waals surface area contributed by atoms with Gasteiger partial charge >= 0.3 is 6.18 Å². The Hall–Kier alpha value is -3.86. The van der Waals surface area contributed by atoms with E-state index in [1.54, 1.807) is 41.5 Å². The number of fused-ring (bicyclic) bond motifs is 2. The molecule has 1 fully saturated rings. The van der Waals surface area contributed by atoms with E-state index < -0.39 is 11.7 Å². The molecule has 0 aromatic carbocycles. The molecule has 1 saturated carbocycles. The second kappa shape index (κ2) is 8.37. The SMILES string of the molecule is O=C(NCc1ncn2ccc(Cl)cc12)c1cnn(Cc2cn3cc(C4CC4)cc(C(F)(F)F)c3n2)c1. The Morgan fingerprint density at radius 2 is 2.00 bits per heavy atom. The van der Waals surface area contributed by atoms with Crippen molar-refractivity contribution in [3.05, 3.63) is 88.6 Å². The van der Waals surface area contributed by atoms with Gasteiger partial charge in [0.2, 0.25) is 0 Å². The Labute approximate surface area is 207 Å². The summed E-state index contributed by atoms with van der Waals surface area (Å²) in [5.74, 6) is -0.182. The molecule has 36 heavy (non-hydrogen) atoms. The first kappa shape index (κ1) is 22.6. The molecule has 1 aliphatic carbocycles. The Bertz CT molecular complexity index is 1610. The first-order valence-electron chi connectivity index (χ1n) is 11.2. The molecule has 12 heteroatoms. The molecular formula is C24H19ClF3N7O. The van der Waals surface area contributed by atoms with Crippen LogP contribution in [0.5, 0.6) is 0 Å². The molecule has 0 atom stereocenters. The molecule has 0 bridgehead atoms. The summed E-state index contributed by atoms with van der Waals surface area (Å²) >= 11 is 6.05. The average molecular weight is 514 g/mol. The fourth-order valence-electron chi connectivity index (χ4n) is 4.25.